The SMILES string of the molecule is Nc1ncnc2c1ncn2[C@@H]1O[C@H](COP(=O)(O)O)[C@@H](NC(=O)[C@@H](N)Cc2ccccc2)[C@H]1O. The Bertz CT molecular complexity index is 1200. The van der Waals surface area contributed by atoms with Crippen molar-refractivity contribution in [1.29, 1.82) is 0 Å². The molecule has 1 saturated heterocycles. The second kappa shape index (κ2) is 9.72. The Labute approximate surface area is 193 Å². The lowest BCUT2D eigenvalue weighted by atomic mass is 10.0. The number of benzene rings is 1. The van der Waals surface area contributed by atoms with E-state index in [4.69, 9.17) is 26.0 Å². The number of nitrogens with one attached hydrogen (secondary N) is 1. The van der Waals surface area contributed by atoms with E-state index in [2.05, 4.69) is 24.8 Å². The van der Waals surface area contributed by atoms with E-state index in [-0.39, 0.29) is 23.4 Å². The number of ether oxygens (including phenoxy) is 1. The molecule has 0 saturated carbocycles. The molecule has 0 unspecified atom stereocenters. The van der Waals surface area contributed by atoms with Gasteiger partial charge >= 0.3 is 7.82 Å². The number of carbonyl (C=O) groups is 1. The largest absolute Gasteiger partial charge is 0.469 e. The molecule has 1 amide bonds. The number of nitrogen functional groups attached to an aromatic ring is 1. The highest BCUT2D eigenvalue weighted by molar-refractivity contribution is 7.46. The van der Waals surface area contributed by atoms with Crippen LogP contribution in [0.15, 0.2) is 43.0 Å². The van der Waals surface area contributed by atoms with Gasteiger partial charge in [-0.05, 0) is 12.0 Å². The zero-order valence-electron chi connectivity index (χ0n) is 17.7. The molecule has 1 aromatic carbocycles. The van der Waals surface area contributed by atoms with Gasteiger partial charge in [-0.2, -0.15) is 0 Å². The van der Waals surface area contributed by atoms with Crippen molar-refractivity contribution in [3.8, 4) is 0 Å². The average Bonchev–Trinajstić information content (AvgIpc) is 3.35. The Hall–Kier alpha value is -2.97. The highest BCUT2D eigenvalue weighted by atomic mass is 31.2. The first-order valence-corrected chi connectivity index (χ1v) is 11.7. The molecule has 1 aliphatic heterocycles. The van der Waals surface area contributed by atoms with Gasteiger partial charge in [-0.15, -0.1) is 0 Å². The third-order valence-corrected chi connectivity index (χ3v) is 5.87. The van der Waals surface area contributed by atoms with E-state index in [9.17, 15) is 14.5 Å². The smallest absolute Gasteiger partial charge is 0.386 e. The molecule has 4 rings (SSSR count). The fraction of sp³-hybridized carbons (Fsp3) is 0.368. The minimum atomic E-state index is -4.84. The lowest BCUT2D eigenvalue weighted by Gasteiger charge is -2.23. The molecule has 1 fully saturated rings. The number of phosphoric ester groups is 1. The molecule has 0 aliphatic carbocycles. The fourth-order valence-corrected chi connectivity index (χ4v) is 4.09. The summed E-state index contributed by atoms with van der Waals surface area (Å²) in [5.74, 6) is -0.463. The van der Waals surface area contributed by atoms with Gasteiger partial charge < -0.3 is 36.4 Å². The quantitative estimate of drug-likeness (QED) is 0.204. The van der Waals surface area contributed by atoms with Crippen molar-refractivity contribution in [2.75, 3.05) is 12.3 Å². The molecule has 15 heteroatoms. The molecule has 34 heavy (non-hydrogen) atoms. The van der Waals surface area contributed by atoms with Gasteiger partial charge in [0.2, 0.25) is 5.91 Å². The number of anilines is 1. The van der Waals surface area contributed by atoms with E-state index >= 15 is 0 Å². The number of nitrogens with zero attached hydrogens (tertiary/aromatic N) is 4. The molecule has 3 aromatic rings. The van der Waals surface area contributed by atoms with Crippen molar-refractivity contribution in [3.05, 3.63) is 48.5 Å². The van der Waals surface area contributed by atoms with Crippen LogP contribution in [0.3, 0.4) is 0 Å². The Morgan fingerprint density at radius 2 is 2.00 bits per heavy atom. The highest BCUT2D eigenvalue weighted by Crippen LogP contribution is 2.39. The number of hydrogen-bond donors (Lipinski definition) is 6. The number of imidazole rings is 1. The van der Waals surface area contributed by atoms with Gasteiger partial charge in [0.15, 0.2) is 17.7 Å². The third kappa shape index (κ3) is 5.23. The van der Waals surface area contributed by atoms with E-state index in [1.807, 2.05) is 30.3 Å². The van der Waals surface area contributed by atoms with Crippen LogP contribution in [0.4, 0.5) is 5.82 Å². The van der Waals surface area contributed by atoms with Gasteiger partial charge in [0.05, 0.1) is 25.0 Å². The van der Waals surface area contributed by atoms with E-state index in [1.54, 1.807) is 0 Å². The Morgan fingerprint density at radius 1 is 1.26 bits per heavy atom. The summed E-state index contributed by atoms with van der Waals surface area (Å²) in [5.41, 5.74) is 13.2. The summed E-state index contributed by atoms with van der Waals surface area (Å²) < 4.78 is 23.0. The second-order valence-corrected chi connectivity index (χ2v) is 8.99. The van der Waals surface area contributed by atoms with Crippen molar-refractivity contribution in [2.24, 2.45) is 5.73 Å². The van der Waals surface area contributed by atoms with Crippen molar-refractivity contribution in [3.63, 3.8) is 0 Å². The van der Waals surface area contributed by atoms with Crippen molar-refractivity contribution >= 4 is 30.7 Å². The van der Waals surface area contributed by atoms with Crippen LogP contribution < -0.4 is 16.8 Å². The molecule has 8 N–H and O–H groups in total. The molecule has 0 bridgehead atoms. The number of amides is 1. The second-order valence-electron chi connectivity index (χ2n) is 7.76. The summed E-state index contributed by atoms with van der Waals surface area (Å²) in [6.45, 7) is -0.611. The molecule has 182 valence electrons. The molecule has 0 radical (unpaired) electrons. The van der Waals surface area contributed by atoms with Gasteiger partial charge in [0.1, 0.15) is 24.1 Å². The molecule has 14 nitrogen and oxygen atoms in total. The van der Waals surface area contributed by atoms with E-state index in [0.29, 0.717) is 0 Å². The van der Waals surface area contributed by atoms with Crippen LogP contribution in [-0.2, 0) is 25.0 Å². The van der Waals surface area contributed by atoms with Crippen molar-refractivity contribution in [2.45, 2.75) is 36.9 Å². The van der Waals surface area contributed by atoms with Gasteiger partial charge in [-0.25, -0.2) is 19.5 Å². The van der Waals surface area contributed by atoms with E-state index in [0.717, 1.165) is 5.56 Å². The number of nitrogens with two attached hydrogens (primary N) is 2. The van der Waals surface area contributed by atoms with Crippen LogP contribution in [0.2, 0.25) is 0 Å². The zero-order valence-corrected chi connectivity index (χ0v) is 18.6. The summed E-state index contributed by atoms with van der Waals surface area (Å²) in [4.78, 5) is 43.1. The topological polar surface area (TPSA) is 221 Å². The minimum Gasteiger partial charge on any atom is -0.386 e. The lowest BCUT2D eigenvalue weighted by molar-refractivity contribution is -0.124. The Kier molecular flexibility index (Phi) is 6.91. The first-order valence-electron chi connectivity index (χ1n) is 10.2. The number of carbonyl (C=O) groups excluding carboxylic acids is 1. The van der Waals surface area contributed by atoms with Crippen molar-refractivity contribution in [1.82, 2.24) is 24.8 Å². The molecular formula is C19H24N7O7P. The first-order chi connectivity index (χ1) is 16.1. The summed E-state index contributed by atoms with van der Waals surface area (Å²) >= 11 is 0. The number of aliphatic hydroxyl groups is 1. The van der Waals surface area contributed by atoms with Gasteiger partial charge in [-0.3, -0.25) is 13.9 Å². The number of rotatable bonds is 8. The Morgan fingerprint density at radius 3 is 2.71 bits per heavy atom. The summed E-state index contributed by atoms with van der Waals surface area (Å²) in [7, 11) is -4.84. The standard InChI is InChI=1S/C19H24N7O7P/c20-11(6-10-4-2-1-3-5-10)18(28)25-13-12(7-32-34(29,30)31)33-19(15(13)27)26-9-24-14-16(21)22-8-23-17(14)26/h1-5,8-9,11-13,15,19,27H,6-7,20H2,(H,25,28)(H2,21,22,23)(H2,29,30,31)/t11-,12+,13+,15+,19+/m0/s1. The maximum absolute atomic E-state index is 12.8. The summed E-state index contributed by atoms with van der Waals surface area (Å²) in [5, 5.41) is 13.6. The van der Waals surface area contributed by atoms with Gasteiger partial charge in [0, 0.05) is 0 Å². The summed E-state index contributed by atoms with van der Waals surface area (Å²) in [6, 6.07) is 7.07. The van der Waals surface area contributed by atoms with Gasteiger partial charge in [-0.1, -0.05) is 30.3 Å². The van der Waals surface area contributed by atoms with Crippen LogP contribution in [0.1, 0.15) is 11.8 Å². The number of aliphatic hydroxyl groups excluding tert-OH is 1. The van der Waals surface area contributed by atoms with Crippen LogP contribution in [0.5, 0.6) is 0 Å². The Balaban J connectivity index is 1.55. The molecule has 1 aliphatic rings. The van der Waals surface area contributed by atoms with Crippen LogP contribution >= 0.6 is 7.82 Å². The molecule has 2 aromatic heterocycles. The lowest BCUT2D eigenvalue weighted by Crippen LogP contribution is -2.53. The predicted molar refractivity (Wildman–Crippen MR) is 118 cm³/mol. The molecule has 0 spiro atoms. The monoisotopic (exact) mass is 493 g/mol. The normalized spacial score (nSPS) is 23.8. The first kappa shape index (κ1) is 24.2. The maximum Gasteiger partial charge on any atom is 0.469 e. The van der Waals surface area contributed by atoms with Crippen LogP contribution in [0, 0.1) is 0 Å². The number of aromatic nitrogens is 4. The predicted octanol–water partition coefficient (Wildman–Crippen LogP) is -1.17. The van der Waals surface area contributed by atoms with E-state index < -0.39 is 50.9 Å². The average molecular weight is 493 g/mol. The number of fused-ring (bicyclic) bond motifs is 1. The van der Waals surface area contributed by atoms with Crippen molar-refractivity contribution < 1.29 is 33.5 Å². The van der Waals surface area contributed by atoms with Crippen LogP contribution in [0.25, 0.3) is 11.2 Å². The van der Waals surface area contributed by atoms with Gasteiger partial charge in [0.25, 0.3) is 0 Å². The minimum absolute atomic E-state index is 0.120. The highest BCUT2D eigenvalue weighted by Gasteiger charge is 2.47. The maximum atomic E-state index is 12.8. The van der Waals surface area contributed by atoms with E-state index in [1.165, 1.54) is 17.2 Å². The number of phosphoric acid groups is 1. The third-order valence-electron chi connectivity index (χ3n) is 5.39. The molecule has 3 heterocycles. The van der Waals surface area contributed by atoms with Crippen LogP contribution in [-0.4, -0.2) is 71.2 Å². The molecular weight excluding hydrogens is 469 g/mol. The number of hydrogen-bond acceptors (Lipinski definition) is 10. The fourth-order valence-electron chi connectivity index (χ4n) is 3.75. The molecule has 5 atom stereocenters. The zero-order chi connectivity index (χ0) is 24.5. The summed E-state index contributed by atoms with van der Waals surface area (Å²) in [6.07, 6.45) is -0.834.